The quantitative estimate of drug-likeness (QED) is 0.742. The van der Waals surface area contributed by atoms with Gasteiger partial charge in [-0.25, -0.2) is 4.79 Å². The Morgan fingerprint density at radius 1 is 1.22 bits per heavy atom. The highest BCUT2D eigenvalue weighted by atomic mass is 16.7. The number of nitrogens with two attached hydrogens (primary N) is 1. The monoisotopic (exact) mass is 318 g/mol. The Labute approximate surface area is 136 Å². The van der Waals surface area contributed by atoms with Crippen molar-refractivity contribution in [2.45, 2.75) is 38.9 Å². The summed E-state index contributed by atoms with van der Waals surface area (Å²) in [5.74, 6) is 0. The van der Waals surface area contributed by atoms with Crippen molar-refractivity contribution in [3.63, 3.8) is 0 Å². The lowest BCUT2D eigenvalue weighted by atomic mass is 9.77. The van der Waals surface area contributed by atoms with Gasteiger partial charge in [-0.2, -0.15) is 0 Å². The van der Waals surface area contributed by atoms with Crippen LogP contribution in [0.3, 0.4) is 0 Å². The second-order valence-corrected chi connectivity index (χ2v) is 6.58. The maximum atomic E-state index is 10.8. The lowest BCUT2D eigenvalue weighted by Crippen LogP contribution is -2.41. The van der Waals surface area contributed by atoms with Gasteiger partial charge >= 0.3 is 13.1 Å². The van der Waals surface area contributed by atoms with Gasteiger partial charge in [-0.1, -0.05) is 18.2 Å². The molecule has 1 aromatic carbocycles. The number of primary amides is 1. The average Bonchev–Trinajstić information content (AvgIpc) is 2.66. The van der Waals surface area contributed by atoms with Gasteiger partial charge in [-0.3, -0.25) is 0 Å². The molecular formula is C16H23BN2O4. The molecule has 7 heteroatoms. The molecule has 0 unspecified atom stereocenters. The van der Waals surface area contributed by atoms with Crippen LogP contribution in [-0.4, -0.2) is 36.1 Å². The molecule has 0 aliphatic carbocycles. The molecule has 1 aliphatic heterocycles. The van der Waals surface area contributed by atoms with Crippen molar-refractivity contribution < 1.29 is 19.2 Å². The molecule has 1 aliphatic rings. The van der Waals surface area contributed by atoms with E-state index in [-0.39, 0.29) is 6.61 Å². The number of anilines is 1. The zero-order chi connectivity index (χ0) is 17.3. The van der Waals surface area contributed by atoms with Gasteiger partial charge in [0.1, 0.15) is 0 Å². The summed E-state index contributed by atoms with van der Waals surface area (Å²) >= 11 is 0. The molecule has 2 rings (SSSR count). The molecule has 0 radical (unpaired) electrons. The lowest BCUT2D eigenvalue weighted by molar-refractivity contribution is 0.00578. The van der Waals surface area contributed by atoms with E-state index in [1.807, 2.05) is 45.9 Å². The number of hydrogen-bond donors (Lipinski definition) is 3. The topological polar surface area (TPSA) is 93.8 Å². The number of amides is 2. The molecule has 23 heavy (non-hydrogen) atoms. The zero-order valence-electron chi connectivity index (χ0n) is 13.9. The van der Waals surface area contributed by atoms with E-state index in [4.69, 9.17) is 15.0 Å². The van der Waals surface area contributed by atoms with Crippen molar-refractivity contribution in [2.24, 2.45) is 5.73 Å². The fourth-order valence-electron chi connectivity index (χ4n) is 2.20. The predicted molar refractivity (Wildman–Crippen MR) is 90.8 cm³/mol. The molecule has 0 spiro atoms. The lowest BCUT2D eigenvalue weighted by Gasteiger charge is -2.32. The molecule has 2 amide bonds. The van der Waals surface area contributed by atoms with Crippen LogP contribution in [0, 0.1) is 0 Å². The number of aliphatic hydroxyl groups excluding tert-OH is 1. The maximum Gasteiger partial charge on any atom is 0.492 e. The highest BCUT2D eigenvalue weighted by Gasteiger charge is 2.52. The Morgan fingerprint density at radius 2 is 1.74 bits per heavy atom. The molecule has 6 nitrogen and oxygen atoms in total. The number of rotatable bonds is 4. The molecule has 1 saturated heterocycles. The van der Waals surface area contributed by atoms with E-state index in [2.05, 4.69) is 5.32 Å². The van der Waals surface area contributed by atoms with Crippen molar-refractivity contribution in [3.05, 3.63) is 35.3 Å². The predicted octanol–water partition coefficient (Wildman–Crippen LogP) is 2.18. The van der Waals surface area contributed by atoms with Crippen LogP contribution in [-0.2, 0) is 9.31 Å². The van der Waals surface area contributed by atoms with E-state index in [9.17, 15) is 9.90 Å². The Morgan fingerprint density at radius 3 is 2.17 bits per heavy atom. The second kappa shape index (κ2) is 6.35. The third kappa shape index (κ3) is 3.93. The van der Waals surface area contributed by atoms with Crippen molar-refractivity contribution in [2.75, 3.05) is 11.9 Å². The SMILES string of the molecule is CC1(C)OB(C(=Cc2ccc(NC(N)=O)cc2)CO)OC1(C)C. The minimum Gasteiger partial charge on any atom is -0.400 e. The Kier molecular flexibility index (Phi) is 4.84. The van der Waals surface area contributed by atoms with Crippen LogP contribution in [0.5, 0.6) is 0 Å². The van der Waals surface area contributed by atoms with Crippen molar-refractivity contribution >= 4 is 24.9 Å². The zero-order valence-corrected chi connectivity index (χ0v) is 13.9. The van der Waals surface area contributed by atoms with Crippen LogP contribution in [0.25, 0.3) is 6.08 Å². The van der Waals surface area contributed by atoms with Gasteiger partial charge in [0.2, 0.25) is 0 Å². The van der Waals surface area contributed by atoms with E-state index in [1.54, 1.807) is 12.1 Å². The maximum absolute atomic E-state index is 10.8. The van der Waals surface area contributed by atoms with Crippen molar-refractivity contribution in [3.8, 4) is 0 Å². The standard InChI is InChI=1S/C16H23BN2O4/c1-15(2)16(3,4)23-17(22-15)12(10-20)9-11-5-7-13(8-6-11)19-14(18)21/h5-9,20H,10H2,1-4H3,(H3,18,19,21). The van der Waals surface area contributed by atoms with Gasteiger partial charge in [-0.15, -0.1) is 0 Å². The first-order valence-corrected chi connectivity index (χ1v) is 7.48. The van der Waals surface area contributed by atoms with Crippen LogP contribution in [0.4, 0.5) is 10.5 Å². The Hall–Kier alpha value is -1.83. The van der Waals surface area contributed by atoms with E-state index in [0.29, 0.717) is 11.2 Å². The number of nitrogens with one attached hydrogen (secondary N) is 1. The third-order valence-electron chi connectivity index (χ3n) is 4.27. The normalized spacial score (nSPS) is 19.7. The summed E-state index contributed by atoms with van der Waals surface area (Å²) < 4.78 is 11.9. The average molecular weight is 318 g/mol. The summed E-state index contributed by atoms with van der Waals surface area (Å²) in [6.07, 6.45) is 1.82. The van der Waals surface area contributed by atoms with Gasteiger partial charge in [0.05, 0.1) is 17.8 Å². The Bertz CT molecular complexity index is 595. The highest BCUT2D eigenvalue weighted by Crippen LogP contribution is 2.38. The summed E-state index contributed by atoms with van der Waals surface area (Å²) in [6.45, 7) is 7.69. The minimum absolute atomic E-state index is 0.169. The number of urea groups is 1. The molecular weight excluding hydrogens is 295 g/mol. The van der Waals surface area contributed by atoms with E-state index in [1.165, 1.54) is 0 Å². The molecule has 0 bridgehead atoms. The number of carbonyl (C=O) groups is 1. The van der Waals surface area contributed by atoms with Gasteiger partial charge in [0, 0.05) is 5.69 Å². The van der Waals surface area contributed by atoms with Crippen LogP contribution >= 0.6 is 0 Å². The smallest absolute Gasteiger partial charge is 0.400 e. The first-order valence-electron chi connectivity index (χ1n) is 7.48. The molecule has 0 atom stereocenters. The first-order chi connectivity index (χ1) is 10.6. The van der Waals surface area contributed by atoms with Crippen LogP contribution < -0.4 is 11.1 Å². The summed E-state index contributed by atoms with van der Waals surface area (Å²) in [5, 5.41) is 12.2. The largest absolute Gasteiger partial charge is 0.492 e. The Balaban J connectivity index is 2.18. The molecule has 1 fully saturated rings. The fraction of sp³-hybridized carbons (Fsp3) is 0.438. The number of carbonyl (C=O) groups excluding carboxylic acids is 1. The van der Waals surface area contributed by atoms with Crippen molar-refractivity contribution in [1.29, 1.82) is 0 Å². The summed E-state index contributed by atoms with van der Waals surface area (Å²) in [6, 6.07) is 6.48. The van der Waals surface area contributed by atoms with Gasteiger partial charge in [0.25, 0.3) is 0 Å². The molecule has 124 valence electrons. The molecule has 1 heterocycles. The van der Waals surface area contributed by atoms with Gasteiger partial charge < -0.3 is 25.5 Å². The summed E-state index contributed by atoms with van der Waals surface area (Å²) in [7, 11) is -0.589. The van der Waals surface area contributed by atoms with E-state index < -0.39 is 24.4 Å². The molecule has 0 aromatic heterocycles. The van der Waals surface area contributed by atoms with E-state index >= 15 is 0 Å². The van der Waals surface area contributed by atoms with Crippen LogP contribution in [0.2, 0.25) is 0 Å². The molecule has 4 N–H and O–H groups in total. The summed E-state index contributed by atoms with van der Waals surface area (Å²) in [5.41, 5.74) is 6.26. The summed E-state index contributed by atoms with van der Waals surface area (Å²) in [4.78, 5) is 10.8. The second-order valence-electron chi connectivity index (χ2n) is 6.58. The molecule has 1 aromatic rings. The van der Waals surface area contributed by atoms with Crippen LogP contribution in [0.1, 0.15) is 33.3 Å². The molecule has 0 saturated carbocycles. The van der Waals surface area contributed by atoms with E-state index in [0.717, 1.165) is 5.56 Å². The fourth-order valence-corrected chi connectivity index (χ4v) is 2.20. The van der Waals surface area contributed by atoms with Gasteiger partial charge in [-0.05, 0) is 50.9 Å². The number of benzene rings is 1. The van der Waals surface area contributed by atoms with Crippen LogP contribution in [0.15, 0.2) is 29.7 Å². The highest BCUT2D eigenvalue weighted by molar-refractivity contribution is 6.55. The van der Waals surface area contributed by atoms with Crippen molar-refractivity contribution in [1.82, 2.24) is 0 Å². The van der Waals surface area contributed by atoms with Gasteiger partial charge in [0.15, 0.2) is 0 Å². The number of aliphatic hydroxyl groups is 1. The number of hydrogen-bond acceptors (Lipinski definition) is 4. The first kappa shape index (κ1) is 17.5. The minimum atomic E-state index is -0.610. The third-order valence-corrected chi connectivity index (χ3v) is 4.27.